The van der Waals surface area contributed by atoms with Gasteiger partial charge in [-0.3, -0.25) is 9.63 Å². The molecule has 1 heterocycles. The van der Waals surface area contributed by atoms with Crippen molar-refractivity contribution in [2.24, 2.45) is 28.1 Å². The number of fused-ring (bicyclic) bond motifs is 7. The number of aliphatic hydroxyl groups excluding tert-OH is 1. The Kier molecular flexibility index (Phi) is 5.29. The standard InChI is InChI=1S/C29H32F3NO5/c1-25-9-8-19(34)10-20(25)21(31)11-22-26(2)12-17-15-33(14-16-4-6-18(30)7-5-16)38-29(17,24(36)37)27(26,3)13-23(35)28(22,25)32/h4-10,17,21-23,35H,11-15H2,1-3H3,(H,36,37)/t17-,21-,22-,23-,25-,26-,27-,28-,29-/m0/s1. The molecule has 5 aliphatic rings. The van der Waals surface area contributed by atoms with Gasteiger partial charge in [0.05, 0.1) is 6.10 Å². The molecule has 1 saturated heterocycles. The Balaban J connectivity index is 1.42. The van der Waals surface area contributed by atoms with Crippen molar-refractivity contribution in [3.05, 3.63) is 59.4 Å². The number of carboxylic acid groups (broad SMARTS) is 1. The highest BCUT2D eigenvalue weighted by Crippen LogP contribution is 2.77. The molecule has 1 aromatic carbocycles. The Morgan fingerprint density at radius 2 is 1.87 bits per heavy atom. The summed E-state index contributed by atoms with van der Waals surface area (Å²) in [6, 6.07) is 5.85. The second-order valence-electron chi connectivity index (χ2n) is 12.5. The molecule has 6 nitrogen and oxygen atoms in total. The van der Waals surface area contributed by atoms with E-state index in [1.807, 2.05) is 6.92 Å². The van der Waals surface area contributed by atoms with Crippen LogP contribution in [0.15, 0.2) is 48.1 Å². The van der Waals surface area contributed by atoms with Gasteiger partial charge < -0.3 is 10.2 Å². The number of alkyl halides is 2. The van der Waals surface area contributed by atoms with Crippen molar-refractivity contribution in [3.8, 4) is 0 Å². The number of benzene rings is 1. The lowest BCUT2D eigenvalue weighted by molar-refractivity contribution is -0.294. The second kappa shape index (κ2) is 7.79. The van der Waals surface area contributed by atoms with Gasteiger partial charge in [-0.1, -0.05) is 32.1 Å². The average Bonchev–Trinajstić information content (AvgIpc) is 3.29. The monoisotopic (exact) mass is 531 g/mol. The van der Waals surface area contributed by atoms with Gasteiger partial charge in [-0.2, -0.15) is 5.06 Å². The fourth-order valence-corrected chi connectivity index (χ4v) is 9.03. The molecule has 4 aliphatic carbocycles. The van der Waals surface area contributed by atoms with E-state index in [0.29, 0.717) is 0 Å². The van der Waals surface area contributed by atoms with Crippen molar-refractivity contribution >= 4 is 11.8 Å². The summed E-state index contributed by atoms with van der Waals surface area (Å²) in [7, 11) is 0. The maximum atomic E-state index is 17.5. The van der Waals surface area contributed by atoms with Gasteiger partial charge in [0, 0.05) is 35.8 Å². The van der Waals surface area contributed by atoms with Crippen LogP contribution in [-0.2, 0) is 21.0 Å². The number of rotatable bonds is 3. The van der Waals surface area contributed by atoms with Crippen LogP contribution in [0.5, 0.6) is 0 Å². The number of hydroxylamine groups is 2. The van der Waals surface area contributed by atoms with Gasteiger partial charge in [0.1, 0.15) is 12.0 Å². The number of hydrogen-bond acceptors (Lipinski definition) is 5. The number of aliphatic hydroxyl groups is 1. The lowest BCUT2D eigenvalue weighted by Gasteiger charge is -2.66. The van der Waals surface area contributed by atoms with Crippen molar-refractivity contribution in [2.75, 3.05) is 6.54 Å². The van der Waals surface area contributed by atoms with Gasteiger partial charge in [0.2, 0.25) is 0 Å². The lowest BCUT2D eigenvalue weighted by atomic mass is 9.40. The van der Waals surface area contributed by atoms with E-state index in [2.05, 4.69) is 0 Å². The van der Waals surface area contributed by atoms with E-state index in [4.69, 9.17) is 4.84 Å². The third-order valence-corrected chi connectivity index (χ3v) is 11.0. The largest absolute Gasteiger partial charge is 0.479 e. The van der Waals surface area contributed by atoms with E-state index in [0.717, 1.165) is 11.6 Å². The molecule has 1 aliphatic heterocycles. The molecule has 1 aromatic rings. The quantitative estimate of drug-likeness (QED) is 0.604. The molecule has 0 amide bonds. The van der Waals surface area contributed by atoms with Gasteiger partial charge in [-0.15, -0.1) is 0 Å². The molecule has 2 N–H and O–H groups in total. The van der Waals surface area contributed by atoms with Crippen LogP contribution in [0.1, 0.15) is 45.6 Å². The first-order chi connectivity index (χ1) is 17.7. The lowest BCUT2D eigenvalue weighted by Crippen LogP contribution is -2.73. The smallest absolute Gasteiger partial charge is 0.339 e. The highest BCUT2D eigenvalue weighted by Gasteiger charge is 2.83. The molecule has 0 aromatic heterocycles. The minimum absolute atomic E-state index is 0.0304. The Hall–Kier alpha value is -2.49. The predicted octanol–water partition coefficient (Wildman–Crippen LogP) is 4.33. The minimum atomic E-state index is -2.31. The van der Waals surface area contributed by atoms with Crippen molar-refractivity contribution < 1.29 is 37.8 Å². The number of carbonyl (C=O) groups is 2. The average molecular weight is 532 g/mol. The SMILES string of the molecule is C[C@]12C[C@H](O)[C@@]3(F)[C@@H](C[C@H](F)C4=CC(=O)C=C[C@@]43C)[C@]1(C)C[C@H]1CN(Cc3ccc(F)cc3)O[C@]12C(=O)O. The molecule has 38 heavy (non-hydrogen) atoms. The topological polar surface area (TPSA) is 87.1 Å². The number of carboxylic acids is 1. The zero-order chi connectivity index (χ0) is 27.5. The number of aliphatic carboxylic acids is 1. The van der Waals surface area contributed by atoms with Gasteiger partial charge >= 0.3 is 5.97 Å². The highest BCUT2D eigenvalue weighted by molar-refractivity contribution is 6.01. The maximum absolute atomic E-state index is 17.5. The summed E-state index contributed by atoms with van der Waals surface area (Å²) in [5.41, 5.74) is -7.10. The van der Waals surface area contributed by atoms with E-state index in [9.17, 15) is 24.2 Å². The van der Waals surface area contributed by atoms with E-state index in [-0.39, 0.29) is 43.7 Å². The summed E-state index contributed by atoms with van der Waals surface area (Å²) >= 11 is 0. The summed E-state index contributed by atoms with van der Waals surface area (Å²) < 4.78 is 46.7. The van der Waals surface area contributed by atoms with Crippen molar-refractivity contribution in [1.82, 2.24) is 5.06 Å². The first-order valence-corrected chi connectivity index (χ1v) is 13.1. The van der Waals surface area contributed by atoms with Gasteiger partial charge in [0.25, 0.3) is 0 Å². The molecule has 0 unspecified atom stereocenters. The molecule has 3 saturated carbocycles. The van der Waals surface area contributed by atoms with Crippen LogP contribution in [-0.4, -0.2) is 57.1 Å². The van der Waals surface area contributed by atoms with Crippen LogP contribution in [0.2, 0.25) is 0 Å². The molecular formula is C29H32F3NO5. The van der Waals surface area contributed by atoms with Gasteiger partial charge in [-0.25, -0.2) is 18.0 Å². The first kappa shape index (κ1) is 25.8. The summed E-state index contributed by atoms with van der Waals surface area (Å²) in [5, 5.41) is 23.8. The molecule has 0 spiro atoms. The molecule has 0 bridgehead atoms. The van der Waals surface area contributed by atoms with E-state index in [1.165, 1.54) is 31.2 Å². The number of hydrogen-bond donors (Lipinski definition) is 2. The Morgan fingerprint density at radius 3 is 2.53 bits per heavy atom. The Labute approximate surface area is 219 Å². The number of nitrogens with zero attached hydrogens (tertiary/aromatic N) is 1. The zero-order valence-electron chi connectivity index (χ0n) is 21.6. The van der Waals surface area contributed by atoms with Crippen LogP contribution in [0.3, 0.4) is 0 Å². The predicted molar refractivity (Wildman–Crippen MR) is 130 cm³/mol. The van der Waals surface area contributed by atoms with Crippen LogP contribution in [0.4, 0.5) is 13.2 Å². The third kappa shape index (κ3) is 2.85. The summed E-state index contributed by atoms with van der Waals surface area (Å²) in [5.74, 6) is -3.56. The fraction of sp³-hybridized carbons (Fsp3) is 0.586. The van der Waals surface area contributed by atoms with E-state index < -0.39 is 63.4 Å². The molecule has 9 heteroatoms. The Morgan fingerprint density at radius 1 is 1.18 bits per heavy atom. The molecule has 204 valence electrons. The van der Waals surface area contributed by atoms with Crippen molar-refractivity contribution in [2.45, 2.75) is 70.1 Å². The van der Waals surface area contributed by atoms with Gasteiger partial charge in [-0.05, 0) is 67.0 Å². The summed E-state index contributed by atoms with van der Waals surface area (Å²) in [6.07, 6.45) is 0.325. The maximum Gasteiger partial charge on any atom is 0.339 e. The summed E-state index contributed by atoms with van der Waals surface area (Å²) in [4.78, 5) is 31.4. The second-order valence-corrected chi connectivity index (χ2v) is 12.5. The molecular weight excluding hydrogens is 499 g/mol. The Bertz CT molecular complexity index is 1280. The van der Waals surface area contributed by atoms with Crippen LogP contribution in [0, 0.1) is 33.9 Å². The highest BCUT2D eigenvalue weighted by atomic mass is 19.1. The van der Waals surface area contributed by atoms with Crippen LogP contribution in [0.25, 0.3) is 0 Å². The first-order valence-electron chi connectivity index (χ1n) is 13.1. The van der Waals surface area contributed by atoms with E-state index in [1.54, 1.807) is 24.1 Å². The molecule has 0 radical (unpaired) electrons. The molecule has 9 atom stereocenters. The van der Waals surface area contributed by atoms with Crippen LogP contribution >= 0.6 is 0 Å². The van der Waals surface area contributed by atoms with Crippen molar-refractivity contribution in [3.63, 3.8) is 0 Å². The third-order valence-electron chi connectivity index (χ3n) is 11.0. The number of halogens is 3. The molecule has 6 rings (SSSR count). The number of ketones is 1. The number of allylic oxidation sites excluding steroid dienone is 4. The fourth-order valence-electron chi connectivity index (χ4n) is 9.03. The van der Waals surface area contributed by atoms with Crippen molar-refractivity contribution in [1.29, 1.82) is 0 Å². The zero-order valence-corrected chi connectivity index (χ0v) is 21.6. The van der Waals surface area contributed by atoms with E-state index >= 15 is 8.78 Å². The molecule has 4 fully saturated rings. The minimum Gasteiger partial charge on any atom is -0.479 e. The summed E-state index contributed by atoms with van der Waals surface area (Å²) in [6.45, 7) is 5.55. The van der Waals surface area contributed by atoms with Crippen LogP contribution < -0.4 is 0 Å². The number of carbonyl (C=O) groups excluding carboxylic acids is 1. The van der Waals surface area contributed by atoms with Gasteiger partial charge in [0.15, 0.2) is 17.1 Å². The normalized spacial score (nSPS) is 47.7.